The summed E-state index contributed by atoms with van der Waals surface area (Å²) >= 11 is 0. The maximum absolute atomic E-state index is 11.6. The SMILES string of the molecule is CC[C@@H](O)c1ccccc1OCC(=O)N(C)CC. The number of hydrogen-bond acceptors (Lipinski definition) is 3. The lowest BCUT2D eigenvalue weighted by atomic mass is 10.1. The van der Waals surface area contributed by atoms with E-state index in [1.54, 1.807) is 18.0 Å². The number of nitrogens with zero attached hydrogens (tertiary/aromatic N) is 1. The van der Waals surface area contributed by atoms with Crippen LogP contribution in [0.15, 0.2) is 24.3 Å². The van der Waals surface area contributed by atoms with Crippen LogP contribution < -0.4 is 4.74 Å². The smallest absolute Gasteiger partial charge is 0.260 e. The summed E-state index contributed by atoms with van der Waals surface area (Å²) in [6.45, 7) is 4.46. The third kappa shape index (κ3) is 3.74. The van der Waals surface area contributed by atoms with Gasteiger partial charge in [0.25, 0.3) is 5.91 Å². The van der Waals surface area contributed by atoms with Crippen molar-refractivity contribution in [3.05, 3.63) is 29.8 Å². The van der Waals surface area contributed by atoms with E-state index in [4.69, 9.17) is 4.74 Å². The molecule has 0 bridgehead atoms. The van der Waals surface area contributed by atoms with Gasteiger partial charge in [-0.25, -0.2) is 0 Å². The Labute approximate surface area is 108 Å². The Bertz CT molecular complexity index is 392. The first kappa shape index (κ1) is 14.5. The van der Waals surface area contributed by atoms with Crippen molar-refractivity contribution in [2.75, 3.05) is 20.2 Å². The van der Waals surface area contributed by atoms with Crippen LogP contribution in [0.2, 0.25) is 0 Å². The van der Waals surface area contributed by atoms with Gasteiger partial charge in [0.15, 0.2) is 6.61 Å². The molecule has 1 aromatic rings. The maximum atomic E-state index is 11.6. The molecule has 18 heavy (non-hydrogen) atoms. The van der Waals surface area contributed by atoms with Crippen molar-refractivity contribution in [2.45, 2.75) is 26.4 Å². The van der Waals surface area contributed by atoms with Gasteiger partial charge in [0.1, 0.15) is 5.75 Å². The Morgan fingerprint density at radius 1 is 1.39 bits per heavy atom. The van der Waals surface area contributed by atoms with Crippen molar-refractivity contribution in [2.24, 2.45) is 0 Å². The molecule has 0 heterocycles. The Kier molecular flexibility index (Phi) is 5.65. The average Bonchev–Trinajstić information content (AvgIpc) is 2.43. The van der Waals surface area contributed by atoms with E-state index in [-0.39, 0.29) is 12.5 Å². The normalized spacial score (nSPS) is 12.0. The molecule has 1 N–H and O–H groups in total. The molecule has 0 aliphatic carbocycles. The molecular weight excluding hydrogens is 230 g/mol. The highest BCUT2D eigenvalue weighted by atomic mass is 16.5. The van der Waals surface area contributed by atoms with Gasteiger partial charge in [0, 0.05) is 19.2 Å². The number of amides is 1. The van der Waals surface area contributed by atoms with Crippen molar-refractivity contribution in [1.82, 2.24) is 4.90 Å². The second-order valence-corrected chi connectivity index (χ2v) is 4.16. The minimum atomic E-state index is -0.555. The number of likely N-dealkylation sites (N-methyl/N-ethyl adjacent to an activating group) is 1. The molecule has 1 rings (SSSR count). The van der Waals surface area contributed by atoms with E-state index in [1.807, 2.05) is 32.0 Å². The second kappa shape index (κ2) is 7.01. The zero-order valence-electron chi connectivity index (χ0n) is 11.2. The van der Waals surface area contributed by atoms with Crippen molar-refractivity contribution >= 4 is 5.91 Å². The lowest BCUT2D eigenvalue weighted by molar-refractivity contribution is -0.131. The molecule has 0 aliphatic rings. The van der Waals surface area contributed by atoms with Crippen LogP contribution in [0.1, 0.15) is 31.9 Å². The fourth-order valence-electron chi connectivity index (χ4n) is 1.53. The van der Waals surface area contributed by atoms with E-state index in [1.165, 1.54) is 0 Å². The number of ether oxygens (including phenoxy) is 1. The summed E-state index contributed by atoms with van der Waals surface area (Å²) in [5.74, 6) is 0.503. The zero-order valence-corrected chi connectivity index (χ0v) is 11.2. The Morgan fingerprint density at radius 3 is 2.67 bits per heavy atom. The summed E-state index contributed by atoms with van der Waals surface area (Å²) in [5.41, 5.74) is 0.729. The Balaban J connectivity index is 2.70. The van der Waals surface area contributed by atoms with Crippen LogP contribution in [0, 0.1) is 0 Å². The van der Waals surface area contributed by atoms with Crippen LogP contribution >= 0.6 is 0 Å². The standard InChI is InChI=1S/C14H21NO3/c1-4-12(16)11-8-6-7-9-13(11)18-10-14(17)15(3)5-2/h6-9,12,16H,4-5,10H2,1-3H3/t12-/m1/s1. The Morgan fingerprint density at radius 2 is 2.06 bits per heavy atom. The van der Waals surface area contributed by atoms with E-state index in [0.717, 1.165) is 5.56 Å². The molecule has 1 atom stereocenters. The number of hydrogen-bond donors (Lipinski definition) is 1. The summed E-state index contributed by atoms with van der Waals surface area (Å²) in [6.07, 6.45) is 0.0589. The molecule has 0 aromatic heterocycles. The van der Waals surface area contributed by atoms with E-state index in [0.29, 0.717) is 18.7 Å². The first-order valence-corrected chi connectivity index (χ1v) is 6.23. The van der Waals surface area contributed by atoms with Gasteiger partial charge >= 0.3 is 0 Å². The first-order chi connectivity index (χ1) is 8.60. The average molecular weight is 251 g/mol. The van der Waals surface area contributed by atoms with E-state index in [9.17, 15) is 9.90 Å². The molecule has 0 spiro atoms. The molecule has 0 aliphatic heterocycles. The topological polar surface area (TPSA) is 49.8 Å². The van der Waals surface area contributed by atoms with Crippen molar-refractivity contribution < 1.29 is 14.6 Å². The predicted molar refractivity (Wildman–Crippen MR) is 70.5 cm³/mol. The summed E-state index contributed by atoms with van der Waals surface area (Å²) in [4.78, 5) is 13.2. The third-order valence-electron chi connectivity index (χ3n) is 2.92. The Hall–Kier alpha value is -1.55. The van der Waals surface area contributed by atoms with Gasteiger partial charge in [-0.3, -0.25) is 4.79 Å². The number of rotatable bonds is 6. The lowest BCUT2D eigenvalue weighted by Crippen LogP contribution is -2.31. The summed E-state index contributed by atoms with van der Waals surface area (Å²) < 4.78 is 5.49. The van der Waals surface area contributed by atoms with E-state index < -0.39 is 6.10 Å². The van der Waals surface area contributed by atoms with Gasteiger partial charge in [-0.1, -0.05) is 25.1 Å². The monoisotopic (exact) mass is 251 g/mol. The van der Waals surface area contributed by atoms with Gasteiger partial charge in [-0.15, -0.1) is 0 Å². The molecule has 0 unspecified atom stereocenters. The first-order valence-electron chi connectivity index (χ1n) is 6.23. The molecule has 4 heteroatoms. The number of para-hydroxylation sites is 1. The molecule has 0 radical (unpaired) electrons. The predicted octanol–water partition coefficient (Wildman–Crippen LogP) is 1.99. The number of aliphatic hydroxyl groups is 1. The number of carbonyl (C=O) groups is 1. The molecule has 0 saturated carbocycles. The van der Waals surface area contributed by atoms with Gasteiger partial charge in [-0.05, 0) is 19.4 Å². The molecular formula is C14H21NO3. The van der Waals surface area contributed by atoms with E-state index in [2.05, 4.69) is 0 Å². The largest absolute Gasteiger partial charge is 0.483 e. The molecule has 0 fully saturated rings. The fraction of sp³-hybridized carbons (Fsp3) is 0.500. The highest BCUT2D eigenvalue weighted by Crippen LogP contribution is 2.26. The number of aliphatic hydroxyl groups excluding tert-OH is 1. The quantitative estimate of drug-likeness (QED) is 0.841. The second-order valence-electron chi connectivity index (χ2n) is 4.16. The van der Waals surface area contributed by atoms with Crippen LogP contribution in [-0.4, -0.2) is 36.1 Å². The highest BCUT2D eigenvalue weighted by molar-refractivity contribution is 5.77. The minimum Gasteiger partial charge on any atom is -0.483 e. The van der Waals surface area contributed by atoms with Gasteiger partial charge in [0.05, 0.1) is 6.10 Å². The van der Waals surface area contributed by atoms with Gasteiger partial charge in [0.2, 0.25) is 0 Å². The van der Waals surface area contributed by atoms with Crippen molar-refractivity contribution in [1.29, 1.82) is 0 Å². The zero-order chi connectivity index (χ0) is 13.5. The summed E-state index contributed by atoms with van der Waals surface area (Å²) in [5, 5.41) is 9.86. The summed E-state index contributed by atoms with van der Waals surface area (Å²) in [7, 11) is 1.73. The van der Waals surface area contributed by atoms with Crippen molar-refractivity contribution in [3.8, 4) is 5.75 Å². The van der Waals surface area contributed by atoms with Gasteiger partial charge < -0.3 is 14.7 Å². The molecule has 0 saturated heterocycles. The highest BCUT2D eigenvalue weighted by Gasteiger charge is 2.13. The van der Waals surface area contributed by atoms with Crippen LogP contribution in [0.5, 0.6) is 5.75 Å². The van der Waals surface area contributed by atoms with Crippen LogP contribution in [0.25, 0.3) is 0 Å². The summed E-state index contributed by atoms with van der Waals surface area (Å²) in [6, 6.07) is 7.27. The number of benzene rings is 1. The lowest BCUT2D eigenvalue weighted by Gasteiger charge is -2.17. The van der Waals surface area contributed by atoms with Crippen LogP contribution in [-0.2, 0) is 4.79 Å². The molecule has 100 valence electrons. The third-order valence-corrected chi connectivity index (χ3v) is 2.92. The number of carbonyl (C=O) groups excluding carboxylic acids is 1. The molecule has 1 amide bonds. The minimum absolute atomic E-state index is 0.00219. The maximum Gasteiger partial charge on any atom is 0.260 e. The molecule has 4 nitrogen and oxygen atoms in total. The van der Waals surface area contributed by atoms with Gasteiger partial charge in [-0.2, -0.15) is 0 Å². The van der Waals surface area contributed by atoms with Crippen molar-refractivity contribution in [3.63, 3.8) is 0 Å². The fourth-order valence-corrected chi connectivity index (χ4v) is 1.53. The van der Waals surface area contributed by atoms with Crippen LogP contribution in [0.3, 0.4) is 0 Å². The van der Waals surface area contributed by atoms with E-state index >= 15 is 0 Å². The molecule has 1 aromatic carbocycles. The van der Waals surface area contributed by atoms with Crippen LogP contribution in [0.4, 0.5) is 0 Å².